The van der Waals surface area contributed by atoms with Gasteiger partial charge in [0.05, 0.1) is 0 Å². The van der Waals surface area contributed by atoms with E-state index in [0.717, 1.165) is 13.1 Å². The number of carbonyl (C=O) groups excluding carboxylic acids is 1. The lowest BCUT2D eigenvalue weighted by molar-refractivity contribution is -0.143. The first-order valence-electron chi connectivity index (χ1n) is 4.54. The molecule has 0 saturated carbocycles. The van der Waals surface area contributed by atoms with Crippen LogP contribution >= 0.6 is 0 Å². The van der Waals surface area contributed by atoms with Crippen LogP contribution in [0.2, 0.25) is 0 Å². The molecule has 0 aliphatic carbocycles. The Labute approximate surface area is 73.2 Å². The molecule has 0 aromatic carbocycles. The van der Waals surface area contributed by atoms with Crippen LogP contribution in [0.1, 0.15) is 26.7 Å². The maximum Gasteiger partial charge on any atom is 0.166 e. The summed E-state index contributed by atoms with van der Waals surface area (Å²) in [5.41, 5.74) is -1.04. The van der Waals surface area contributed by atoms with Crippen LogP contribution in [0.3, 0.4) is 0 Å². The summed E-state index contributed by atoms with van der Waals surface area (Å²) in [4.78, 5) is 11.5. The molecule has 2 N–H and O–H groups in total. The summed E-state index contributed by atoms with van der Waals surface area (Å²) in [5.74, 6) is -0.0721. The van der Waals surface area contributed by atoms with Crippen LogP contribution in [0.4, 0.5) is 0 Å². The lowest BCUT2D eigenvalue weighted by Crippen LogP contribution is -2.49. The second-order valence-electron chi connectivity index (χ2n) is 3.80. The molecule has 12 heavy (non-hydrogen) atoms. The van der Waals surface area contributed by atoms with Crippen molar-refractivity contribution >= 4 is 5.78 Å². The molecule has 0 bridgehead atoms. The van der Waals surface area contributed by atoms with Gasteiger partial charge >= 0.3 is 0 Å². The van der Waals surface area contributed by atoms with Crippen LogP contribution in [-0.4, -0.2) is 29.6 Å². The summed E-state index contributed by atoms with van der Waals surface area (Å²) in [5, 5.41) is 13.0. The van der Waals surface area contributed by atoms with Gasteiger partial charge in [-0.15, -0.1) is 0 Å². The van der Waals surface area contributed by atoms with E-state index in [1.807, 2.05) is 13.8 Å². The highest BCUT2D eigenvalue weighted by atomic mass is 16.3. The maximum absolute atomic E-state index is 11.5. The normalized spacial score (nSPS) is 22.7. The topological polar surface area (TPSA) is 49.3 Å². The lowest BCUT2D eigenvalue weighted by Gasteiger charge is -2.32. The highest BCUT2D eigenvalue weighted by molar-refractivity contribution is 5.88. The second-order valence-corrected chi connectivity index (χ2v) is 3.80. The van der Waals surface area contributed by atoms with Crippen LogP contribution in [-0.2, 0) is 4.79 Å². The van der Waals surface area contributed by atoms with Gasteiger partial charge in [-0.25, -0.2) is 0 Å². The maximum atomic E-state index is 11.5. The minimum absolute atomic E-state index is 0.0102. The van der Waals surface area contributed by atoms with Crippen molar-refractivity contribution in [2.24, 2.45) is 5.92 Å². The third kappa shape index (κ3) is 1.84. The first kappa shape index (κ1) is 9.68. The van der Waals surface area contributed by atoms with Gasteiger partial charge in [-0.3, -0.25) is 4.79 Å². The molecule has 0 aromatic rings. The molecular weight excluding hydrogens is 154 g/mol. The van der Waals surface area contributed by atoms with E-state index >= 15 is 0 Å². The van der Waals surface area contributed by atoms with E-state index in [1.165, 1.54) is 0 Å². The van der Waals surface area contributed by atoms with E-state index < -0.39 is 5.60 Å². The predicted molar refractivity (Wildman–Crippen MR) is 46.9 cm³/mol. The van der Waals surface area contributed by atoms with E-state index in [1.54, 1.807) is 0 Å². The van der Waals surface area contributed by atoms with Gasteiger partial charge in [0.25, 0.3) is 0 Å². The molecular formula is C9H17NO2. The number of rotatable bonds is 2. The molecule has 3 nitrogen and oxygen atoms in total. The number of carbonyl (C=O) groups is 1. The molecule has 0 atom stereocenters. The fourth-order valence-electron chi connectivity index (χ4n) is 1.62. The van der Waals surface area contributed by atoms with Crippen LogP contribution in [0.5, 0.6) is 0 Å². The van der Waals surface area contributed by atoms with E-state index in [4.69, 9.17) is 0 Å². The Balaban J connectivity index is 2.62. The molecule has 0 spiro atoms. The SMILES string of the molecule is CC(C)C(=O)C1(O)CCNCC1. The number of ketones is 1. The zero-order valence-corrected chi connectivity index (χ0v) is 7.76. The van der Waals surface area contributed by atoms with Gasteiger partial charge in [0, 0.05) is 5.92 Å². The summed E-state index contributed by atoms with van der Waals surface area (Å²) in [6.45, 7) is 5.16. The summed E-state index contributed by atoms with van der Waals surface area (Å²) in [7, 11) is 0. The Morgan fingerprint density at radius 1 is 1.42 bits per heavy atom. The number of piperidine rings is 1. The smallest absolute Gasteiger partial charge is 0.166 e. The Hall–Kier alpha value is -0.410. The summed E-state index contributed by atoms with van der Waals surface area (Å²) in [6, 6.07) is 0. The second kappa shape index (κ2) is 3.54. The van der Waals surface area contributed by atoms with Crippen LogP contribution < -0.4 is 5.32 Å². The summed E-state index contributed by atoms with van der Waals surface area (Å²) < 4.78 is 0. The van der Waals surface area contributed by atoms with Crippen molar-refractivity contribution in [1.29, 1.82) is 0 Å². The zero-order chi connectivity index (χ0) is 9.19. The largest absolute Gasteiger partial charge is 0.382 e. The van der Waals surface area contributed by atoms with Crippen molar-refractivity contribution in [3.63, 3.8) is 0 Å². The molecule has 0 aromatic heterocycles. The number of aliphatic hydroxyl groups is 1. The molecule has 70 valence electrons. The average molecular weight is 171 g/mol. The zero-order valence-electron chi connectivity index (χ0n) is 7.76. The van der Waals surface area contributed by atoms with Crippen molar-refractivity contribution < 1.29 is 9.90 Å². The predicted octanol–water partition coefficient (Wildman–Crippen LogP) is 0.326. The van der Waals surface area contributed by atoms with Crippen molar-refractivity contribution in [1.82, 2.24) is 5.32 Å². The molecule has 1 heterocycles. The first-order chi connectivity index (χ1) is 5.56. The molecule has 1 aliphatic heterocycles. The number of hydrogen-bond donors (Lipinski definition) is 2. The van der Waals surface area contributed by atoms with Gasteiger partial charge in [0.2, 0.25) is 0 Å². The molecule has 3 heteroatoms. The van der Waals surface area contributed by atoms with Crippen molar-refractivity contribution in [3.05, 3.63) is 0 Å². The Bertz CT molecular complexity index is 171. The molecule has 0 radical (unpaired) electrons. The van der Waals surface area contributed by atoms with Gasteiger partial charge < -0.3 is 10.4 Å². The molecule has 1 saturated heterocycles. The van der Waals surface area contributed by atoms with Crippen molar-refractivity contribution in [2.75, 3.05) is 13.1 Å². The Morgan fingerprint density at radius 3 is 2.33 bits per heavy atom. The monoisotopic (exact) mass is 171 g/mol. The Morgan fingerprint density at radius 2 is 1.92 bits per heavy atom. The molecule has 1 rings (SSSR count). The highest BCUT2D eigenvalue weighted by Gasteiger charge is 2.37. The van der Waals surface area contributed by atoms with E-state index in [-0.39, 0.29) is 11.7 Å². The van der Waals surface area contributed by atoms with Crippen molar-refractivity contribution in [3.8, 4) is 0 Å². The van der Waals surface area contributed by atoms with E-state index in [9.17, 15) is 9.90 Å². The standard InChI is InChI=1S/C9H17NO2/c1-7(2)8(11)9(12)3-5-10-6-4-9/h7,10,12H,3-6H2,1-2H3. The van der Waals surface area contributed by atoms with Gasteiger partial charge in [0.1, 0.15) is 5.60 Å². The molecule has 0 unspecified atom stereocenters. The molecule has 0 amide bonds. The summed E-state index contributed by atoms with van der Waals surface area (Å²) in [6.07, 6.45) is 1.12. The van der Waals surface area contributed by atoms with E-state index in [2.05, 4.69) is 5.32 Å². The van der Waals surface area contributed by atoms with Gasteiger partial charge in [0.15, 0.2) is 5.78 Å². The van der Waals surface area contributed by atoms with Crippen LogP contribution in [0.15, 0.2) is 0 Å². The third-order valence-electron chi connectivity index (χ3n) is 2.41. The quantitative estimate of drug-likeness (QED) is 0.629. The van der Waals surface area contributed by atoms with Crippen LogP contribution in [0, 0.1) is 5.92 Å². The first-order valence-corrected chi connectivity index (χ1v) is 4.54. The van der Waals surface area contributed by atoms with Gasteiger partial charge in [-0.2, -0.15) is 0 Å². The third-order valence-corrected chi connectivity index (χ3v) is 2.41. The minimum Gasteiger partial charge on any atom is -0.382 e. The van der Waals surface area contributed by atoms with E-state index in [0.29, 0.717) is 12.8 Å². The lowest BCUT2D eigenvalue weighted by atomic mass is 9.83. The number of nitrogens with one attached hydrogen (secondary N) is 1. The number of hydrogen-bond acceptors (Lipinski definition) is 3. The van der Waals surface area contributed by atoms with Crippen molar-refractivity contribution in [2.45, 2.75) is 32.3 Å². The summed E-state index contributed by atoms with van der Waals surface area (Å²) >= 11 is 0. The molecule has 1 fully saturated rings. The highest BCUT2D eigenvalue weighted by Crippen LogP contribution is 2.22. The minimum atomic E-state index is -1.04. The number of Topliss-reactive ketones (excluding diaryl/α,β-unsaturated/α-hetero) is 1. The van der Waals surface area contributed by atoms with Gasteiger partial charge in [-0.1, -0.05) is 13.8 Å². The average Bonchev–Trinajstić information content (AvgIpc) is 2.04. The fraction of sp³-hybridized carbons (Fsp3) is 0.889. The van der Waals surface area contributed by atoms with Gasteiger partial charge in [-0.05, 0) is 25.9 Å². The molecule has 1 aliphatic rings. The fourth-order valence-corrected chi connectivity index (χ4v) is 1.62. The van der Waals surface area contributed by atoms with Crippen LogP contribution in [0.25, 0.3) is 0 Å². The Kier molecular flexibility index (Phi) is 2.85.